The van der Waals surface area contributed by atoms with Gasteiger partial charge in [0.2, 0.25) is 0 Å². The molecule has 0 amide bonds. The van der Waals surface area contributed by atoms with Crippen LogP contribution < -0.4 is 10.1 Å². The van der Waals surface area contributed by atoms with E-state index in [1.807, 2.05) is 0 Å². The van der Waals surface area contributed by atoms with E-state index >= 15 is 0 Å². The van der Waals surface area contributed by atoms with Crippen molar-refractivity contribution in [2.45, 2.75) is 69.4 Å². The maximum atomic E-state index is 5.48. The number of nitrogens with one attached hydrogen (secondary N) is 1. The first kappa shape index (κ1) is 13.9. The highest BCUT2D eigenvalue weighted by molar-refractivity contribution is 5.37. The van der Waals surface area contributed by atoms with Gasteiger partial charge in [0.1, 0.15) is 5.75 Å². The van der Waals surface area contributed by atoms with Gasteiger partial charge in [-0.1, -0.05) is 43.9 Å². The van der Waals surface area contributed by atoms with E-state index in [2.05, 4.69) is 29.6 Å². The average Bonchev–Trinajstić information content (AvgIpc) is 2.71. The summed E-state index contributed by atoms with van der Waals surface area (Å²) in [5.41, 5.74) is 1.40. The summed E-state index contributed by atoms with van der Waals surface area (Å²) in [4.78, 5) is 0. The Morgan fingerprint density at radius 1 is 0.950 bits per heavy atom. The minimum Gasteiger partial charge on any atom is -0.496 e. The molecule has 1 aromatic carbocycles. The van der Waals surface area contributed by atoms with E-state index in [9.17, 15) is 0 Å². The quantitative estimate of drug-likeness (QED) is 0.828. The van der Waals surface area contributed by atoms with Crippen molar-refractivity contribution in [2.75, 3.05) is 7.11 Å². The van der Waals surface area contributed by atoms with Gasteiger partial charge in [-0.05, 0) is 43.2 Å². The van der Waals surface area contributed by atoms with Crippen LogP contribution in [0.5, 0.6) is 5.75 Å². The average molecular weight is 273 g/mol. The van der Waals surface area contributed by atoms with E-state index in [-0.39, 0.29) is 0 Å². The van der Waals surface area contributed by atoms with E-state index in [0.29, 0.717) is 5.92 Å². The molecule has 110 valence electrons. The maximum Gasteiger partial charge on any atom is 0.122 e. The summed E-state index contributed by atoms with van der Waals surface area (Å²) in [6.45, 7) is 0. The fraction of sp³-hybridized carbons (Fsp3) is 0.667. The largest absolute Gasteiger partial charge is 0.496 e. The van der Waals surface area contributed by atoms with Gasteiger partial charge in [-0.3, -0.25) is 0 Å². The first-order chi connectivity index (χ1) is 9.86. The van der Waals surface area contributed by atoms with Crippen molar-refractivity contribution in [3.05, 3.63) is 29.8 Å². The lowest BCUT2D eigenvalue weighted by molar-refractivity contribution is 0.250. The van der Waals surface area contributed by atoms with Crippen LogP contribution in [0.4, 0.5) is 0 Å². The highest BCUT2D eigenvalue weighted by Crippen LogP contribution is 2.41. The van der Waals surface area contributed by atoms with Crippen molar-refractivity contribution in [3.8, 4) is 5.75 Å². The van der Waals surface area contributed by atoms with Crippen molar-refractivity contribution in [2.24, 2.45) is 0 Å². The standard InChI is InChI=1S/C18H27NO/c1-20-18-11-7-6-10-17(18)14-12-16(13-14)19-15-8-4-2-3-5-9-15/h6-7,10-11,14-16,19H,2-5,8-9,12-13H2,1H3. The molecule has 2 nitrogen and oxygen atoms in total. The summed E-state index contributed by atoms with van der Waals surface area (Å²) in [7, 11) is 1.78. The van der Waals surface area contributed by atoms with Gasteiger partial charge in [-0.2, -0.15) is 0 Å². The molecule has 20 heavy (non-hydrogen) atoms. The fourth-order valence-electron chi connectivity index (χ4n) is 3.79. The summed E-state index contributed by atoms with van der Waals surface area (Å²) < 4.78 is 5.48. The van der Waals surface area contributed by atoms with Gasteiger partial charge in [-0.15, -0.1) is 0 Å². The topological polar surface area (TPSA) is 21.3 Å². The minimum absolute atomic E-state index is 0.689. The molecular formula is C18H27NO. The molecule has 0 spiro atoms. The maximum absolute atomic E-state index is 5.48. The Hall–Kier alpha value is -1.02. The number of ether oxygens (including phenoxy) is 1. The highest BCUT2D eigenvalue weighted by atomic mass is 16.5. The second-order valence-electron chi connectivity index (χ2n) is 6.46. The normalized spacial score (nSPS) is 27.6. The van der Waals surface area contributed by atoms with E-state index in [1.54, 1.807) is 7.11 Å². The monoisotopic (exact) mass is 273 g/mol. The van der Waals surface area contributed by atoms with Crippen molar-refractivity contribution in [1.29, 1.82) is 0 Å². The lowest BCUT2D eigenvalue weighted by Gasteiger charge is -2.39. The van der Waals surface area contributed by atoms with Crippen LogP contribution >= 0.6 is 0 Å². The van der Waals surface area contributed by atoms with E-state index in [0.717, 1.165) is 17.8 Å². The van der Waals surface area contributed by atoms with Crippen LogP contribution in [-0.4, -0.2) is 19.2 Å². The minimum atomic E-state index is 0.689. The molecule has 3 rings (SSSR count). The van der Waals surface area contributed by atoms with Crippen LogP contribution in [-0.2, 0) is 0 Å². The molecule has 0 aliphatic heterocycles. The molecule has 0 aromatic heterocycles. The van der Waals surface area contributed by atoms with Gasteiger partial charge in [0.25, 0.3) is 0 Å². The Balaban J connectivity index is 1.50. The zero-order valence-corrected chi connectivity index (χ0v) is 12.6. The molecule has 2 heteroatoms. The van der Waals surface area contributed by atoms with Crippen molar-refractivity contribution in [1.82, 2.24) is 5.32 Å². The second kappa shape index (κ2) is 6.62. The molecule has 2 saturated carbocycles. The molecule has 2 aliphatic rings. The lowest BCUT2D eigenvalue weighted by Crippen LogP contribution is -2.45. The van der Waals surface area contributed by atoms with Crippen LogP contribution in [0.1, 0.15) is 62.8 Å². The smallest absolute Gasteiger partial charge is 0.122 e. The highest BCUT2D eigenvalue weighted by Gasteiger charge is 2.33. The summed E-state index contributed by atoms with van der Waals surface area (Å²) in [6, 6.07) is 10.0. The number of methoxy groups -OCH3 is 1. The fourth-order valence-corrected chi connectivity index (χ4v) is 3.79. The predicted octanol–water partition coefficient (Wildman–Crippen LogP) is 4.25. The number of para-hydroxylation sites is 1. The van der Waals surface area contributed by atoms with Gasteiger partial charge in [0, 0.05) is 12.1 Å². The molecule has 0 unspecified atom stereocenters. The van der Waals surface area contributed by atoms with E-state index in [4.69, 9.17) is 4.74 Å². The van der Waals surface area contributed by atoms with Crippen LogP contribution in [0, 0.1) is 0 Å². The number of hydrogen-bond donors (Lipinski definition) is 1. The summed E-state index contributed by atoms with van der Waals surface area (Å²) in [5.74, 6) is 1.75. The molecule has 0 atom stereocenters. The van der Waals surface area contributed by atoms with Crippen LogP contribution in [0.3, 0.4) is 0 Å². The Morgan fingerprint density at radius 3 is 2.35 bits per heavy atom. The summed E-state index contributed by atoms with van der Waals surface area (Å²) in [6.07, 6.45) is 11.0. The number of hydrogen-bond acceptors (Lipinski definition) is 2. The van der Waals surface area contributed by atoms with Gasteiger partial charge < -0.3 is 10.1 Å². The van der Waals surface area contributed by atoms with Crippen LogP contribution in [0.2, 0.25) is 0 Å². The zero-order valence-electron chi connectivity index (χ0n) is 12.6. The van der Waals surface area contributed by atoms with E-state index in [1.165, 1.54) is 56.9 Å². The predicted molar refractivity (Wildman–Crippen MR) is 83.4 cm³/mol. The molecule has 0 bridgehead atoms. The van der Waals surface area contributed by atoms with Crippen molar-refractivity contribution < 1.29 is 4.74 Å². The Morgan fingerprint density at radius 2 is 1.65 bits per heavy atom. The zero-order chi connectivity index (χ0) is 13.8. The first-order valence-corrected chi connectivity index (χ1v) is 8.26. The van der Waals surface area contributed by atoms with Gasteiger partial charge >= 0.3 is 0 Å². The third kappa shape index (κ3) is 3.17. The number of benzene rings is 1. The Labute approximate surface area is 122 Å². The molecular weight excluding hydrogens is 246 g/mol. The molecule has 0 heterocycles. The van der Waals surface area contributed by atoms with Crippen LogP contribution in [0.25, 0.3) is 0 Å². The summed E-state index contributed by atoms with van der Waals surface area (Å²) >= 11 is 0. The number of rotatable bonds is 4. The second-order valence-corrected chi connectivity index (χ2v) is 6.46. The third-order valence-electron chi connectivity index (χ3n) is 5.04. The van der Waals surface area contributed by atoms with Gasteiger partial charge in [-0.25, -0.2) is 0 Å². The third-order valence-corrected chi connectivity index (χ3v) is 5.04. The van der Waals surface area contributed by atoms with Gasteiger partial charge in [0.15, 0.2) is 0 Å². The van der Waals surface area contributed by atoms with Crippen molar-refractivity contribution >= 4 is 0 Å². The molecule has 0 radical (unpaired) electrons. The summed E-state index contributed by atoms with van der Waals surface area (Å²) in [5, 5.41) is 3.89. The molecule has 1 aromatic rings. The van der Waals surface area contributed by atoms with Gasteiger partial charge in [0.05, 0.1) is 7.11 Å². The van der Waals surface area contributed by atoms with Crippen LogP contribution in [0.15, 0.2) is 24.3 Å². The Bertz CT molecular complexity index is 417. The van der Waals surface area contributed by atoms with Crippen molar-refractivity contribution in [3.63, 3.8) is 0 Å². The first-order valence-electron chi connectivity index (χ1n) is 8.26. The van der Waals surface area contributed by atoms with E-state index < -0.39 is 0 Å². The molecule has 1 N–H and O–H groups in total. The Kier molecular flexibility index (Phi) is 4.62. The molecule has 2 fully saturated rings. The molecule has 2 aliphatic carbocycles. The SMILES string of the molecule is COc1ccccc1C1CC(NC2CCCCCC2)C1. The molecule has 0 saturated heterocycles. The lowest BCUT2D eigenvalue weighted by atomic mass is 9.75.